The molecule has 0 unspecified atom stereocenters. The summed E-state index contributed by atoms with van der Waals surface area (Å²) >= 11 is 0. The SMILES string of the molecule is O=S(=O)(Nc1cccc(S(=O)(=O)N2CCCCC2)c1)c1ccc(F)c(F)c1. The summed E-state index contributed by atoms with van der Waals surface area (Å²) in [4.78, 5) is -0.499. The Kier molecular flexibility index (Phi) is 5.50. The molecular formula is C17H18F2N2O4S2. The van der Waals surface area contributed by atoms with E-state index in [4.69, 9.17) is 0 Å². The van der Waals surface area contributed by atoms with Gasteiger partial charge in [0.25, 0.3) is 10.0 Å². The zero-order valence-corrected chi connectivity index (χ0v) is 15.9. The van der Waals surface area contributed by atoms with Crippen molar-refractivity contribution in [2.45, 2.75) is 29.1 Å². The van der Waals surface area contributed by atoms with Gasteiger partial charge in [-0.3, -0.25) is 4.72 Å². The molecule has 1 aliphatic heterocycles. The molecule has 1 heterocycles. The number of hydrogen-bond acceptors (Lipinski definition) is 4. The smallest absolute Gasteiger partial charge is 0.261 e. The Bertz CT molecular complexity index is 1050. The molecule has 0 radical (unpaired) electrons. The topological polar surface area (TPSA) is 83.5 Å². The molecule has 0 spiro atoms. The molecule has 2 aromatic carbocycles. The number of halogens is 2. The van der Waals surface area contributed by atoms with Crippen molar-refractivity contribution in [3.8, 4) is 0 Å². The number of rotatable bonds is 5. The molecule has 2 aromatic rings. The summed E-state index contributed by atoms with van der Waals surface area (Å²) in [5.74, 6) is -2.46. The van der Waals surface area contributed by atoms with Crippen molar-refractivity contribution in [1.82, 2.24) is 4.31 Å². The van der Waals surface area contributed by atoms with E-state index in [-0.39, 0.29) is 10.6 Å². The second kappa shape index (κ2) is 7.53. The van der Waals surface area contributed by atoms with Crippen molar-refractivity contribution in [1.29, 1.82) is 0 Å². The third kappa shape index (κ3) is 4.28. The van der Waals surface area contributed by atoms with Crippen LogP contribution in [0.2, 0.25) is 0 Å². The lowest BCUT2D eigenvalue weighted by molar-refractivity contribution is 0.346. The Morgan fingerprint density at radius 1 is 0.815 bits per heavy atom. The van der Waals surface area contributed by atoms with Crippen molar-refractivity contribution in [2.75, 3.05) is 17.8 Å². The van der Waals surface area contributed by atoms with Gasteiger partial charge in [0.05, 0.1) is 15.5 Å². The number of nitrogens with one attached hydrogen (secondary N) is 1. The average molecular weight is 416 g/mol. The van der Waals surface area contributed by atoms with E-state index in [9.17, 15) is 25.6 Å². The number of piperidine rings is 1. The first-order chi connectivity index (χ1) is 12.7. The molecule has 1 saturated heterocycles. The normalized spacial score (nSPS) is 16.2. The van der Waals surface area contributed by atoms with Gasteiger partial charge >= 0.3 is 0 Å². The predicted molar refractivity (Wildman–Crippen MR) is 96.2 cm³/mol. The Balaban J connectivity index is 1.88. The quantitative estimate of drug-likeness (QED) is 0.812. The zero-order valence-electron chi connectivity index (χ0n) is 14.2. The van der Waals surface area contributed by atoms with Crippen LogP contribution < -0.4 is 4.72 Å². The Labute approximate surface area is 156 Å². The van der Waals surface area contributed by atoms with Crippen molar-refractivity contribution < 1.29 is 25.6 Å². The van der Waals surface area contributed by atoms with Crippen molar-refractivity contribution in [3.63, 3.8) is 0 Å². The summed E-state index contributed by atoms with van der Waals surface area (Å²) in [6, 6.07) is 7.59. The molecule has 1 N–H and O–H groups in total. The monoisotopic (exact) mass is 416 g/mol. The summed E-state index contributed by atoms with van der Waals surface area (Å²) in [6.07, 6.45) is 2.53. The van der Waals surface area contributed by atoms with Gasteiger partial charge in [0.2, 0.25) is 10.0 Å². The van der Waals surface area contributed by atoms with Gasteiger partial charge in [0.1, 0.15) is 0 Å². The van der Waals surface area contributed by atoms with Gasteiger partial charge in [-0.05, 0) is 49.2 Å². The predicted octanol–water partition coefficient (Wildman–Crippen LogP) is 2.94. The van der Waals surface area contributed by atoms with Gasteiger partial charge in [0.15, 0.2) is 11.6 Å². The molecule has 0 atom stereocenters. The Morgan fingerprint density at radius 3 is 2.19 bits per heavy atom. The van der Waals surface area contributed by atoms with Crippen LogP contribution in [0.25, 0.3) is 0 Å². The number of benzene rings is 2. The van der Waals surface area contributed by atoms with E-state index in [1.165, 1.54) is 28.6 Å². The maximum absolute atomic E-state index is 13.3. The van der Waals surface area contributed by atoms with Crippen LogP contribution in [0.4, 0.5) is 14.5 Å². The number of anilines is 1. The maximum Gasteiger partial charge on any atom is 0.261 e. The first-order valence-corrected chi connectivity index (χ1v) is 11.2. The molecule has 0 amide bonds. The Hall–Kier alpha value is -2.04. The first-order valence-electron chi connectivity index (χ1n) is 8.28. The van der Waals surface area contributed by atoms with Crippen LogP contribution in [0.5, 0.6) is 0 Å². The first kappa shape index (κ1) is 19.7. The van der Waals surface area contributed by atoms with Crippen molar-refractivity contribution in [2.24, 2.45) is 0 Å². The summed E-state index contributed by atoms with van der Waals surface area (Å²) < 4.78 is 80.1. The van der Waals surface area contributed by atoms with E-state index >= 15 is 0 Å². The van der Waals surface area contributed by atoms with E-state index in [1.807, 2.05) is 0 Å². The van der Waals surface area contributed by atoms with Gasteiger partial charge in [-0.1, -0.05) is 12.5 Å². The van der Waals surface area contributed by atoms with Crippen LogP contribution in [0.1, 0.15) is 19.3 Å². The lowest BCUT2D eigenvalue weighted by Crippen LogP contribution is -2.35. The highest BCUT2D eigenvalue weighted by atomic mass is 32.2. The molecule has 6 nitrogen and oxygen atoms in total. The third-order valence-corrected chi connectivity index (χ3v) is 7.51. The second-order valence-electron chi connectivity index (χ2n) is 6.17. The molecule has 3 rings (SSSR count). The van der Waals surface area contributed by atoms with Crippen LogP contribution in [0, 0.1) is 11.6 Å². The van der Waals surface area contributed by atoms with Gasteiger partial charge in [-0.2, -0.15) is 4.31 Å². The van der Waals surface area contributed by atoms with Crippen molar-refractivity contribution >= 4 is 25.7 Å². The lowest BCUT2D eigenvalue weighted by atomic mass is 10.2. The number of sulfonamides is 2. The lowest BCUT2D eigenvalue weighted by Gasteiger charge is -2.26. The molecular weight excluding hydrogens is 398 g/mol. The third-order valence-electron chi connectivity index (χ3n) is 4.24. The van der Waals surface area contributed by atoms with E-state index in [0.717, 1.165) is 25.3 Å². The second-order valence-corrected chi connectivity index (χ2v) is 9.79. The summed E-state index contributed by atoms with van der Waals surface area (Å²) in [7, 11) is -7.93. The maximum atomic E-state index is 13.3. The van der Waals surface area contributed by atoms with E-state index in [1.54, 1.807) is 0 Å². The molecule has 1 fully saturated rings. The molecule has 1 aliphatic rings. The minimum absolute atomic E-state index is 0.0119. The molecule has 146 valence electrons. The van der Waals surface area contributed by atoms with Crippen LogP contribution in [-0.2, 0) is 20.0 Å². The summed E-state index contributed by atoms with van der Waals surface area (Å²) in [5.41, 5.74) is 0.0119. The number of hydrogen-bond donors (Lipinski definition) is 1. The van der Waals surface area contributed by atoms with Gasteiger partial charge in [-0.15, -0.1) is 0 Å². The van der Waals surface area contributed by atoms with Gasteiger partial charge in [-0.25, -0.2) is 25.6 Å². The molecule has 0 bridgehead atoms. The Morgan fingerprint density at radius 2 is 1.52 bits per heavy atom. The van der Waals surface area contributed by atoms with Crippen LogP contribution in [0.3, 0.4) is 0 Å². The fraction of sp³-hybridized carbons (Fsp3) is 0.294. The molecule has 0 aromatic heterocycles. The number of nitrogens with zero attached hydrogens (tertiary/aromatic N) is 1. The molecule has 0 saturated carbocycles. The van der Waals surface area contributed by atoms with Gasteiger partial charge in [0, 0.05) is 13.1 Å². The van der Waals surface area contributed by atoms with E-state index in [0.29, 0.717) is 25.2 Å². The largest absolute Gasteiger partial charge is 0.280 e. The highest BCUT2D eigenvalue weighted by Crippen LogP contribution is 2.24. The van der Waals surface area contributed by atoms with Crippen molar-refractivity contribution in [3.05, 3.63) is 54.1 Å². The van der Waals surface area contributed by atoms with Crippen LogP contribution in [0.15, 0.2) is 52.3 Å². The van der Waals surface area contributed by atoms with Gasteiger partial charge < -0.3 is 0 Å². The van der Waals surface area contributed by atoms with Crippen LogP contribution in [-0.4, -0.2) is 34.2 Å². The zero-order chi connectivity index (χ0) is 19.7. The minimum atomic E-state index is -4.20. The highest BCUT2D eigenvalue weighted by molar-refractivity contribution is 7.92. The fourth-order valence-electron chi connectivity index (χ4n) is 2.83. The highest BCUT2D eigenvalue weighted by Gasteiger charge is 2.26. The standard InChI is InChI=1S/C17H18F2N2O4S2/c18-16-8-7-14(12-17(16)19)26(22,23)20-13-5-4-6-15(11-13)27(24,25)21-9-2-1-3-10-21/h4-8,11-12,20H,1-3,9-10H2. The molecule has 10 heteroatoms. The summed E-state index contributed by atoms with van der Waals surface area (Å²) in [6.45, 7) is 0.848. The fourth-order valence-corrected chi connectivity index (χ4v) is 5.46. The van der Waals surface area contributed by atoms with E-state index < -0.39 is 36.6 Å². The summed E-state index contributed by atoms with van der Waals surface area (Å²) in [5, 5.41) is 0. The van der Waals surface area contributed by atoms with E-state index in [2.05, 4.69) is 4.72 Å². The minimum Gasteiger partial charge on any atom is -0.280 e. The average Bonchev–Trinajstić information content (AvgIpc) is 2.64. The molecule has 0 aliphatic carbocycles. The molecule has 27 heavy (non-hydrogen) atoms. The van der Waals surface area contributed by atoms with Crippen LogP contribution >= 0.6 is 0 Å².